The van der Waals surface area contributed by atoms with Crippen molar-refractivity contribution in [2.75, 3.05) is 6.54 Å². The van der Waals surface area contributed by atoms with E-state index in [1.165, 1.54) is 34.0 Å². The van der Waals surface area contributed by atoms with E-state index < -0.39 is 0 Å². The average Bonchev–Trinajstić information content (AvgIpc) is 3.30. The van der Waals surface area contributed by atoms with Gasteiger partial charge in [0.15, 0.2) is 5.06 Å². The number of carbonyl (C=O) groups excluding carboxylic acids is 1. The van der Waals surface area contributed by atoms with Crippen molar-refractivity contribution < 1.29 is 9.53 Å². The van der Waals surface area contributed by atoms with Crippen LogP contribution < -0.4 is 15.8 Å². The second-order valence-electron chi connectivity index (χ2n) is 6.51. The fraction of sp³-hybridized carbons (Fsp3) is 0.250. The minimum atomic E-state index is -0.207. The maximum absolute atomic E-state index is 12.2. The van der Waals surface area contributed by atoms with Crippen LogP contribution in [0.2, 0.25) is 0 Å². The summed E-state index contributed by atoms with van der Waals surface area (Å²) < 4.78 is 10.6. The second kappa shape index (κ2) is 7.73. The molecule has 0 atom stereocenters. The third-order valence-corrected chi connectivity index (χ3v) is 6.54. The zero-order valence-corrected chi connectivity index (χ0v) is 17.1. The van der Waals surface area contributed by atoms with Crippen LogP contribution in [0.3, 0.4) is 0 Å². The van der Waals surface area contributed by atoms with Crippen molar-refractivity contribution in [3.05, 3.63) is 52.8 Å². The van der Waals surface area contributed by atoms with Gasteiger partial charge in [0.2, 0.25) is 0 Å². The van der Waals surface area contributed by atoms with Crippen LogP contribution in [0, 0.1) is 0 Å². The summed E-state index contributed by atoms with van der Waals surface area (Å²) in [6.45, 7) is 6.54. The van der Waals surface area contributed by atoms with E-state index >= 15 is 0 Å². The van der Waals surface area contributed by atoms with E-state index in [0.717, 1.165) is 39.6 Å². The largest absolute Gasteiger partial charge is 0.446 e. The van der Waals surface area contributed by atoms with Crippen LogP contribution in [-0.2, 0) is 12.8 Å². The van der Waals surface area contributed by atoms with E-state index in [0.29, 0.717) is 23.7 Å². The van der Waals surface area contributed by atoms with Crippen LogP contribution in [0.4, 0.5) is 0 Å². The van der Waals surface area contributed by atoms with Gasteiger partial charge in [0.1, 0.15) is 11.4 Å². The van der Waals surface area contributed by atoms with Crippen molar-refractivity contribution in [2.24, 2.45) is 5.73 Å². The molecule has 6 nitrogen and oxygen atoms in total. The van der Waals surface area contributed by atoms with Gasteiger partial charge in [-0.2, -0.15) is 0 Å². The SMILES string of the molecule is C=C(N)c1sc(Oc2ccnc(C(=O)NCCC)c2)c2c1CCc1cnsc1-2. The van der Waals surface area contributed by atoms with E-state index in [1.54, 1.807) is 18.3 Å². The summed E-state index contributed by atoms with van der Waals surface area (Å²) in [7, 11) is 0. The molecule has 28 heavy (non-hydrogen) atoms. The Balaban J connectivity index is 1.70. The molecule has 3 N–H and O–H groups in total. The van der Waals surface area contributed by atoms with Crippen LogP contribution in [0.1, 0.15) is 39.8 Å². The Morgan fingerprint density at radius 2 is 2.29 bits per heavy atom. The molecule has 1 aliphatic rings. The van der Waals surface area contributed by atoms with E-state index in [9.17, 15) is 4.79 Å². The molecule has 0 spiro atoms. The van der Waals surface area contributed by atoms with Gasteiger partial charge in [-0.3, -0.25) is 9.78 Å². The monoisotopic (exact) mass is 412 g/mol. The summed E-state index contributed by atoms with van der Waals surface area (Å²) in [5.41, 5.74) is 10.3. The molecule has 0 radical (unpaired) electrons. The van der Waals surface area contributed by atoms with E-state index in [-0.39, 0.29) is 5.91 Å². The van der Waals surface area contributed by atoms with Crippen molar-refractivity contribution in [2.45, 2.75) is 26.2 Å². The Bertz CT molecular complexity index is 1050. The Labute approximate surface area is 171 Å². The number of aromatic nitrogens is 2. The number of nitrogens with zero attached hydrogens (tertiary/aromatic N) is 2. The number of nitrogens with one attached hydrogen (secondary N) is 1. The number of pyridine rings is 1. The Hall–Kier alpha value is -2.71. The minimum Gasteiger partial charge on any atom is -0.446 e. The highest BCUT2D eigenvalue weighted by molar-refractivity contribution is 7.16. The molecule has 3 heterocycles. The maximum atomic E-state index is 12.2. The number of carbonyl (C=O) groups is 1. The summed E-state index contributed by atoms with van der Waals surface area (Å²) in [5, 5.41) is 3.57. The minimum absolute atomic E-state index is 0.207. The first-order valence-corrected chi connectivity index (χ1v) is 10.6. The first-order chi connectivity index (χ1) is 13.6. The Kier molecular flexibility index (Phi) is 5.15. The molecule has 4 rings (SSSR count). The van der Waals surface area contributed by atoms with Crippen molar-refractivity contribution in [3.8, 4) is 21.3 Å². The van der Waals surface area contributed by atoms with Crippen LogP contribution in [0.15, 0.2) is 31.1 Å². The summed E-state index contributed by atoms with van der Waals surface area (Å²) in [6, 6.07) is 3.40. The van der Waals surface area contributed by atoms with E-state index in [4.69, 9.17) is 10.5 Å². The third-order valence-electron chi connectivity index (χ3n) is 4.49. The topological polar surface area (TPSA) is 90.1 Å². The highest BCUT2D eigenvalue weighted by Gasteiger charge is 2.28. The first kappa shape index (κ1) is 18.6. The lowest BCUT2D eigenvalue weighted by molar-refractivity contribution is 0.0948. The number of thiophene rings is 1. The van der Waals surface area contributed by atoms with Gasteiger partial charge in [0.05, 0.1) is 15.3 Å². The number of fused-ring (bicyclic) bond motifs is 3. The fourth-order valence-electron chi connectivity index (χ4n) is 3.18. The molecule has 0 aromatic carbocycles. The van der Waals surface area contributed by atoms with Gasteiger partial charge >= 0.3 is 0 Å². The molecule has 1 aliphatic carbocycles. The molecule has 3 aromatic heterocycles. The van der Waals surface area contributed by atoms with Gasteiger partial charge in [-0.05, 0) is 48.0 Å². The Morgan fingerprint density at radius 1 is 1.43 bits per heavy atom. The predicted molar refractivity (Wildman–Crippen MR) is 113 cm³/mol. The molecular formula is C20H20N4O2S2. The zero-order chi connectivity index (χ0) is 19.7. The number of rotatable bonds is 6. The van der Waals surface area contributed by atoms with Crippen LogP contribution in [-0.4, -0.2) is 21.8 Å². The molecule has 1 amide bonds. The van der Waals surface area contributed by atoms with E-state index in [2.05, 4.69) is 21.3 Å². The van der Waals surface area contributed by atoms with Crippen molar-refractivity contribution in [1.29, 1.82) is 0 Å². The average molecular weight is 413 g/mol. The molecule has 0 aliphatic heterocycles. The molecule has 0 fully saturated rings. The Morgan fingerprint density at radius 3 is 3.07 bits per heavy atom. The highest BCUT2D eigenvalue weighted by atomic mass is 32.1. The summed E-state index contributed by atoms with van der Waals surface area (Å²) in [6.07, 6.45) is 6.19. The number of amides is 1. The number of nitrogens with two attached hydrogens (primary N) is 1. The van der Waals surface area contributed by atoms with Gasteiger partial charge in [0, 0.05) is 30.7 Å². The number of aryl methyl sites for hydroxylation is 1. The third kappa shape index (κ3) is 3.41. The van der Waals surface area contributed by atoms with Crippen molar-refractivity contribution in [3.63, 3.8) is 0 Å². The van der Waals surface area contributed by atoms with Gasteiger partial charge in [-0.15, -0.1) is 0 Å². The number of hydrogen-bond donors (Lipinski definition) is 2. The highest BCUT2D eigenvalue weighted by Crippen LogP contribution is 2.50. The molecule has 8 heteroatoms. The van der Waals surface area contributed by atoms with Gasteiger partial charge in [-0.1, -0.05) is 24.8 Å². The summed E-state index contributed by atoms with van der Waals surface area (Å²) in [5.74, 6) is 0.354. The second-order valence-corrected chi connectivity index (χ2v) is 8.30. The molecule has 3 aromatic rings. The molecular weight excluding hydrogens is 392 g/mol. The molecule has 0 bridgehead atoms. The van der Waals surface area contributed by atoms with Gasteiger partial charge in [-0.25, -0.2) is 4.37 Å². The van der Waals surface area contributed by atoms with Crippen LogP contribution in [0.25, 0.3) is 16.1 Å². The zero-order valence-electron chi connectivity index (χ0n) is 15.4. The smallest absolute Gasteiger partial charge is 0.270 e. The molecule has 0 saturated heterocycles. The van der Waals surface area contributed by atoms with Crippen LogP contribution >= 0.6 is 22.9 Å². The quantitative estimate of drug-likeness (QED) is 0.632. The summed E-state index contributed by atoms with van der Waals surface area (Å²) in [4.78, 5) is 18.4. The lowest BCUT2D eigenvalue weighted by Gasteiger charge is -2.14. The summed E-state index contributed by atoms with van der Waals surface area (Å²) >= 11 is 2.95. The number of ether oxygens (including phenoxy) is 1. The lowest BCUT2D eigenvalue weighted by atomic mass is 9.93. The first-order valence-electron chi connectivity index (χ1n) is 9.05. The molecule has 0 unspecified atom stereocenters. The fourth-order valence-corrected chi connectivity index (χ4v) is 5.22. The van der Waals surface area contributed by atoms with E-state index in [1.807, 2.05) is 13.1 Å². The predicted octanol–water partition coefficient (Wildman–Crippen LogP) is 4.23. The van der Waals surface area contributed by atoms with Crippen molar-refractivity contribution in [1.82, 2.24) is 14.7 Å². The maximum Gasteiger partial charge on any atom is 0.270 e. The molecule has 144 valence electrons. The van der Waals surface area contributed by atoms with Crippen molar-refractivity contribution >= 4 is 34.5 Å². The molecule has 0 saturated carbocycles. The van der Waals surface area contributed by atoms with Crippen LogP contribution in [0.5, 0.6) is 10.8 Å². The lowest BCUT2D eigenvalue weighted by Crippen LogP contribution is -2.24. The van der Waals surface area contributed by atoms with Gasteiger partial charge in [0.25, 0.3) is 5.91 Å². The van der Waals surface area contributed by atoms with Gasteiger partial charge < -0.3 is 15.8 Å². The normalized spacial score (nSPS) is 12.2. The number of hydrogen-bond acceptors (Lipinski definition) is 7. The standard InChI is InChI=1S/C20H20N4O2S2/c1-3-7-23-19(25)15-9-13(6-8-22-15)26-20-16-14(17(27-20)11(2)21)5-4-12-10-24-28-18(12)16/h6,8-10H,2-5,7,21H2,1H3,(H,23,25).